The monoisotopic (exact) mass is 586 g/mol. The van der Waals surface area contributed by atoms with E-state index in [0.717, 1.165) is 32.7 Å². The summed E-state index contributed by atoms with van der Waals surface area (Å²) in [6.07, 6.45) is 3.35. The zero-order valence-electron chi connectivity index (χ0n) is 24.0. The minimum absolute atomic E-state index is 0.322. The molecule has 2 aromatic heterocycles. The predicted octanol–water partition coefficient (Wildman–Crippen LogP) is 7.73. The van der Waals surface area contributed by atoms with Crippen LogP contribution in [0.5, 0.6) is 0 Å². The molecule has 8 nitrogen and oxygen atoms in total. The van der Waals surface area contributed by atoms with Crippen molar-refractivity contribution in [1.82, 2.24) is 19.9 Å². The highest BCUT2D eigenvalue weighted by Gasteiger charge is 2.20. The fraction of sp³-hybridized carbons (Fsp3) is 0. The van der Waals surface area contributed by atoms with E-state index in [1.165, 1.54) is 0 Å². The molecule has 0 atom stereocenters. The van der Waals surface area contributed by atoms with E-state index in [4.69, 9.17) is 9.97 Å². The normalized spacial score (nSPS) is 10.5. The molecule has 0 N–H and O–H groups in total. The van der Waals surface area contributed by atoms with Crippen LogP contribution < -0.4 is 0 Å². The number of fused-ring (bicyclic) bond motifs is 2. The van der Waals surface area contributed by atoms with Gasteiger partial charge in [-0.25, -0.2) is 19.9 Å². The molecule has 2 heterocycles. The summed E-state index contributed by atoms with van der Waals surface area (Å²) in [6, 6.07) is 38.0. The van der Waals surface area contributed by atoms with Crippen LogP contribution in [-0.4, -0.2) is 19.9 Å². The van der Waals surface area contributed by atoms with Gasteiger partial charge in [0.05, 0.1) is 57.9 Å². The molecule has 0 saturated carbocycles. The van der Waals surface area contributed by atoms with Crippen molar-refractivity contribution >= 4 is 21.5 Å². The fourth-order valence-corrected chi connectivity index (χ4v) is 5.74. The van der Waals surface area contributed by atoms with E-state index in [-0.39, 0.29) is 0 Å². The quantitative estimate of drug-likeness (QED) is 0.190. The van der Waals surface area contributed by atoms with E-state index in [1.807, 2.05) is 60.7 Å². The standard InChI is InChI=1S/C38H18N8/c39-19-23-9-11-27(25(17-23)21-41)37-43-15-13-33(45-37)35-29-5-1-2-6-30(29)36(32-8-4-3-7-31(32)35)34-14-16-44-38(46-34)28-12-10-24(20-40)18-26(28)22-42/h1-18H. The minimum atomic E-state index is 0.322. The summed E-state index contributed by atoms with van der Waals surface area (Å²) in [5.41, 5.74) is 5.67. The Morgan fingerprint density at radius 1 is 0.435 bits per heavy atom. The van der Waals surface area contributed by atoms with Crippen molar-refractivity contribution in [2.75, 3.05) is 0 Å². The van der Waals surface area contributed by atoms with E-state index in [0.29, 0.717) is 56.4 Å². The van der Waals surface area contributed by atoms with E-state index in [1.54, 1.807) is 48.8 Å². The lowest BCUT2D eigenvalue weighted by molar-refractivity contribution is 1.18. The van der Waals surface area contributed by atoms with Crippen molar-refractivity contribution in [1.29, 1.82) is 21.0 Å². The third kappa shape index (κ3) is 4.62. The van der Waals surface area contributed by atoms with E-state index in [2.05, 4.69) is 34.2 Å². The van der Waals surface area contributed by atoms with Gasteiger partial charge >= 0.3 is 0 Å². The molecule has 8 heteroatoms. The molecule has 0 fully saturated rings. The molecule has 46 heavy (non-hydrogen) atoms. The summed E-state index contributed by atoms with van der Waals surface area (Å²) >= 11 is 0. The largest absolute Gasteiger partial charge is 0.237 e. The second-order valence-electron chi connectivity index (χ2n) is 10.3. The maximum absolute atomic E-state index is 9.80. The number of hydrogen-bond donors (Lipinski definition) is 0. The molecule has 0 spiro atoms. The first-order valence-electron chi connectivity index (χ1n) is 14.1. The summed E-state index contributed by atoms with van der Waals surface area (Å²) in [5, 5.41) is 42.0. The van der Waals surface area contributed by atoms with Gasteiger partial charge in [0.25, 0.3) is 0 Å². The number of nitrogens with zero attached hydrogens (tertiary/aromatic N) is 8. The number of rotatable bonds is 4. The highest BCUT2D eigenvalue weighted by Crippen LogP contribution is 2.43. The van der Waals surface area contributed by atoms with Crippen LogP contribution in [0.4, 0.5) is 0 Å². The Morgan fingerprint density at radius 2 is 0.826 bits per heavy atom. The number of hydrogen-bond acceptors (Lipinski definition) is 8. The minimum Gasteiger partial charge on any atom is -0.237 e. The van der Waals surface area contributed by atoms with Gasteiger partial charge in [-0.3, -0.25) is 0 Å². The van der Waals surface area contributed by atoms with Crippen LogP contribution in [0.3, 0.4) is 0 Å². The van der Waals surface area contributed by atoms with Crippen molar-refractivity contribution in [3.63, 3.8) is 0 Å². The Hall–Kier alpha value is -7.26. The molecule has 5 aromatic carbocycles. The van der Waals surface area contributed by atoms with Crippen molar-refractivity contribution in [3.8, 4) is 69.6 Å². The lowest BCUT2D eigenvalue weighted by Gasteiger charge is -2.17. The van der Waals surface area contributed by atoms with Crippen LogP contribution >= 0.6 is 0 Å². The van der Waals surface area contributed by atoms with Crippen molar-refractivity contribution in [2.24, 2.45) is 0 Å². The molecule has 0 unspecified atom stereocenters. The van der Waals surface area contributed by atoms with Gasteiger partial charge in [-0.1, -0.05) is 48.5 Å². The van der Waals surface area contributed by atoms with Crippen LogP contribution in [0.1, 0.15) is 22.3 Å². The van der Waals surface area contributed by atoms with Gasteiger partial charge in [0, 0.05) is 34.6 Å². The average Bonchev–Trinajstić information content (AvgIpc) is 3.13. The lowest BCUT2D eigenvalue weighted by atomic mass is 9.89. The molecule has 0 aliphatic carbocycles. The van der Waals surface area contributed by atoms with E-state index in [9.17, 15) is 21.0 Å². The van der Waals surface area contributed by atoms with Crippen LogP contribution in [0.15, 0.2) is 109 Å². The van der Waals surface area contributed by atoms with Gasteiger partial charge in [0.2, 0.25) is 0 Å². The predicted molar refractivity (Wildman–Crippen MR) is 173 cm³/mol. The smallest absolute Gasteiger partial charge is 0.161 e. The van der Waals surface area contributed by atoms with Crippen molar-refractivity contribution < 1.29 is 0 Å². The highest BCUT2D eigenvalue weighted by molar-refractivity contribution is 6.20. The molecular weight excluding hydrogens is 568 g/mol. The average molecular weight is 587 g/mol. The Balaban J connectivity index is 1.47. The number of nitriles is 4. The SMILES string of the molecule is N#Cc1ccc(-c2nccc(-c3c4ccccc4c(-c4ccnc(-c5ccc(C#N)cc5C#N)n4)c4ccccc34)n2)c(C#N)c1. The summed E-state index contributed by atoms with van der Waals surface area (Å²) < 4.78 is 0. The van der Waals surface area contributed by atoms with Gasteiger partial charge in [-0.05, 0) is 70.1 Å². The fourth-order valence-electron chi connectivity index (χ4n) is 5.74. The molecule has 0 saturated heterocycles. The Kier molecular flexibility index (Phi) is 6.85. The van der Waals surface area contributed by atoms with E-state index < -0.39 is 0 Å². The second-order valence-corrected chi connectivity index (χ2v) is 10.3. The van der Waals surface area contributed by atoms with Crippen LogP contribution in [0.25, 0.3) is 66.8 Å². The molecule has 0 aliphatic heterocycles. The first kappa shape index (κ1) is 27.6. The molecule has 7 aromatic rings. The molecule has 0 aliphatic rings. The molecular formula is C38H18N8. The van der Waals surface area contributed by atoms with Gasteiger partial charge in [0.1, 0.15) is 0 Å². The van der Waals surface area contributed by atoms with Gasteiger partial charge in [-0.2, -0.15) is 21.0 Å². The summed E-state index contributed by atoms with van der Waals surface area (Å²) in [4.78, 5) is 18.9. The first-order valence-corrected chi connectivity index (χ1v) is 14.1. The number of aromatic nitrogens is 4. The molecule has 0 bridgehead atoms. The molecule has 0 amide bonds. The highest BCUT2D eigenvalue weighted by atomic mass is 14.9. The second kappa shape index (κ2) is 11.4. The number of benzene rings is 5. The maximum atomic E-state index is 9.80. The van der Waals surface area contributed by atoms with Gasteiger partial charge in [-0.15, -0.1) is 0 Å². The molecule has 0 radical (unpaired) electrons. The van der Waals surface area contributed by atoms with Crippen LogP contribution in [0, 0.1) is 45.3 Å². The lowest BCUT2D eigenvalue weighted by Crippen LogP contribution is -1.98. The molecule has 210 valence electrons. The zero-order chi connectivity index (χ0) is 31.6. The van der Waals surface area contributed by atoms with Crippen LogP contribution in [-0.2, 0) is 0 Å². The first-order chi connectivity index (χ1) is 22.6. The van der Waals surface area contributed by atoms with Crippen LogP contribution in [0.2, 0.25) is 0 Å². The van der Waals surface area contributed by atoms with Crippen molar-refractivity contribution in [3.05, 3.63) is 132 Å². The Morgan fingerprint density at radius 3 is 1.17 bits per heavy atom. The summed E-state index contributed by atoms with van der Waals surface area (Å²) in [7, 11) is 0. The molecule has 7 rings (SSSR count). The van der Waals surface area contributed by atoms with Crippen molar-refractivity contribution in [2.45, 2.75) is 0 Å². The third-order valence-electron chi connectivity index (χ3n) is 7.77. The Labute approximate surface area is 263 Å². The summed E-state index contributed by atoms with van der Waals surface area (Å²) in [6.45, 7) is 0. The summed E-state index contributed by atoms with van der Waals surface area (Å²) in [5.74, 6) is 0.763. The van der Waals surface area contributed by atoms with Gasteiger partial charge in [0.15, 0.2) is 11.6 Å². The van der Waals surface area contributed by atoms with Gasteiger partial charge < -0.3 is 0 Å². The van der Waals surface area contributed by atoms with E-state index >= 15 is 0 Å². The topological polar surface area (TPSA) is 147 Å². The third-order valence-corrected chi connectivity index (χ3v) is 7.77. The zero-order valence-corrected chi connectivity index (χ0v) is 24.0. The maximum Gasteiger partial charge on any atom is 0.161 e. The Bertz CT molecular complexity index is 2310.